The number of fused-ring (bicyclic) bond motifs is 1. The molecule has 2 aromatic rings. The molecule has 1 unspecified atom stereocenters. The highest BCUT2D eigenvalue weighted by Crippen LogP contribution is 2.32. The summed E-state index contributed by atoms with van der Waals surface area (Å²) in [6, 6.07) is 3.89. The summed E-state index contributed by atoms with van der Waals surface area (Å²) >= 11 is 0. The van der Waals surface area contributed by atoms with E-state index in [-0.39, 0.29) is 6.04 Å². The van der Waals surface area contributed by atoms with Crippen LogP contribution in [0.4, 0.5) is 5.82 Å². The second kappa shape index (κ2) is 3.45. The summed E-state index contributed by atoms with van der Waals surface area (Å²) < 4.78 is 0. The summed E-state index contributed by atoms with van der Waals surface area (Å²) in [5, 5.41) is 0. The van der Waals surface area contributed by atoms with Crippen LogP contribution in [0.25, 0.3) is 11.2 Å². The van der Waals surface area contributed by atoms with Gasteiger partial charge in [0.15, 0.2) is 5.65 Å². The number of pyridine rings is 1. The van der Waals surface area contributed by atoms with E-state index in [1.165, 1.54) is 12.8 Å². The van der Waals surface area contributed by atoms with Gasteiger partial charge >= 0.3 is 0 Å². The van der Waals surface area contributed by atoms with Crippen LogP contribution in [0.2, 0.25) is 0 Å². The molecule has 0 bridgehead atoms. The molecule has 0 amide bonds. The molecule has 1 aliphatic carbocycles. The van der Waals surface area contributed by atoms with Crippen LogP contribution in [0.3, 0.4) is 0 Å². The third-order valence-electron chi connectivity index (χ3n) is 3.07. The molecule has 5 N–H and O–H groups in total. The number of nitrogens with two attached hydrogens (primary N) is 2. The number of rotatable bonds is 3. The molecule has 1 aliphatic rings. The van der Waals surface area contributed by atoms with E-state index in [2.05, 4.69) is 15.0 Å². The number of hydrogen-bond acceptors (Lipinski definition) is 4. The number of imidazole rings is 1. The molecule has 1 fully saturated rings. The molecule has 84 valence electrons. The third kappa shape index (κ3) is 1.74. The second-order valence-electron chi connectivity index (χ2n) is 4.50. The van der Waals surface area contributed by atoms with E-state index in [9.17, 15) is 0 Å². The number of aromatic amines is 1. The van der Waals surface area contributed by atoms with Crippen LogP contribution in [-0.4, -0.2) is 21.0 Å². The second-order valence-corrected chi connectivity index (χ2v) is 4.50. The first-order chi connectivity index (χ1) is 7.72. The maximum Gasteiger partial charge on any atom is 0.179 e. The fourth-order valence-electron chi connectivity index (χ4n) is 1.97. The molecular weight excluding hydrogens is 202 g/mol. The van der Waals surface area contributed by atoms with Crippen molar-refractivity contribution in [1.82, 2.24) is 15.0 Å². The lowest BCUT2D eigenvalue weighted by Gasteiger charge is -2.06. The van der Waals surface area contributed by atoms with Crippen molar-refractivity contribution in [2.45, 2.75) is 25.3 Å². The molecule has 0 aliphatic heterocycles. The van der Waals surface area contributed by atoms with Crippen molar-refractivity contribution in [1.29, 1.82) is 0 Å². The minimum atomic E-state index is 0.220. The summed E-state index contributed by atoms with van der Waals surface area (Å²) in [5.41, 5.74) is 13.3. The van der Waals surface area contributed by atoms with Gasteiger partial charge in [0.05, 0.1) is 5.52 Å². The SMILES string of the molecule is Nc1ccc2[nH]c(CC(N)C3CC3)nc2n1. The Morgan fingerprint density at radius 1 is 1.38 bits per heavy atom. The lowest BCUT2D eigenvalue weighted by molar-refractivity contribution is 0.579. The van der Waals surface area contributed by atoms with Crippen LogP contribution in [0.5, 0.6) is 0 Å². The Labute approximate surface area is 93.3 Å². The van der Waals surface area contributed by atoms with E-state index in [4.69, 9.17) is 11.5 Å². The summed E-state index contributed by atoms with van der Waals surface area (Å²) in [6.45, 7) is 0. The van der Waals surface area contributed by atoms with Crippen molar-refractivity contribution in [3.05, 3.63) is 18.0 Å². The molecule has 1 saturated carbocycles. The summed E-state index contributed by atoms with van der Waals surface area (Å²) in [5.74, 6) is 2.09. The van der Waals surface area contributed by atoms with Crippen molar-refractivity contribution in [2.75, 3.05) is 5.73 Å². The monoisotopic (exact) mass is 217 g/mol. The van der Waals surface area contributed by atoms with E-state index in [0.717, 1.165) is 17.8 Å². The number of H-pyrrole nitrogens is 1. The fraction of sp³-hybridized carbons (Fsp3) is 0.455. The average Bonchev–Trinajstić information content (AvgIpc) is 3.00. The predicted octanol–water partition coefficient (Wildman–Crippen LogP) is 0.820. The standard InChI is InChI=1S/C11H15N5/c12-7(6-1-2-6)5-10-14-8-3-4-9(13)15-11(8)16-10/h3-4,6-7H,1-2,5,12H2,(H3,13,14,15,16). The number of nitrogens with zero attached hydrogens (tertiary/aromatic N) is 2. The topological polar surface area (TPSA) is 93.6 Å². The highest BCUT2D eigenvalue weighted by molar-refractivity contribution is 5.72. The van der Waals surface area contributed by atoms with E-state index >= 15 is 0 Å². The van der Waals surface area contributed by atoms with Crippen LogP contribution in [-0.2, 0) is 6.42 Å². The van der Waals surface area contributed by atoms with Crippen LogP contribution in [0, 0.1) is 5.92 Å². The van der Waals surface area contributed by atoms with Crippen LogP contribution >= 0.6 is 0 Å². The molecular formula is C11H15N5. The van der Waals surface area contributed by atoms with E-state index in [0.29, 0.717) is 17.4 Å². The minimum Gasteiger partial charge on any atom is -0.384 e. The lowest BCUT2D eigenvalue weighted by Crippen LogP contribution is -2.25. The van der Waals surface area contributed by atoms with Crippen LogP contribution in [0.15, 0.2) is 12.1 Å². The molecule has 2 heterocycles. The Kier molecular flexibility index (Phi) is 2.07. The normalized spacial score (nSPS) is 17.8. The Morgan fingerprint density at radius 2 is 2.19 bits per heavy atom. The van der Waals surface area contributed by atoms with Crippen molar-refractivity contribution >= 4 is 17.0 Å². The zero-order valence-corrected chi connectivity index (χ0v) is 8.98. The zero-order valence-electron chi connectivity index (χ0n) is 8.98. The van der Waals surface area contributed by atoms with Gasteiger partial charge in [0.2, 0.25) is 0 Å². The Morgan fingerprint density at radius 3 is 2.94 bits per heavy atom. The third-order valence-corrected chi connectivity index (χ3v) is 3.07. The first-order valence-electron chi connectivity index (χ1n) is 5.59. The van der Waals surface area contributed by atoms with Gasteiger partial charge in [0.1, 0.15) is 11.6 Å². The molecule has 5 heteroatoms. The maximum absolute atomic E-state index is 6.06. The Hall–Kier alpha value is -1.62. The van der Waals surface area contributed by atoms with Gasteiger partial charge in [0.25, 0.3) is 0 Å². The van der Waals surface area contributed by atoms with Crippen molar-refractivity contribution in [3.63, 3.8) is 0 Å². The number of nitrogens with one attached hydrogen (secondary N) is 1. The highest BCUT2D eigenvalue weighted by Gasteiger charge is 2.29. The highest BCUT2D eigenvalue weighted by atomic mass is 15.0. The minimum absolute atomic E-state index is 0.220. The Balaban J connectivity index is 1.86. The molecule has 3 rings (SSSR count). The predicted molar refractivity (Wildman–Crippen MR) is 62.7 cm³/mol. The summed E-state index contributed by atoms with van der Waals surface area (Å²) in [4.78, 5) is 11.8. The number of aromatic nitrogens is 3. The van der Waals surface area contributed by atoms with Gasteiger partial charge in [0, 0.05) is 12.5 Å². The fourth-order valence-corrected chi connectivity index (χ4v) is 1.97. The first-order valence-corrected chi connectivity index (χ1v) is 5.59. The van der Waals surface area contributed by atoms with Crippen LogP contribution in [0.1, 0.15) is 18.7 Å². The number of anilines is 1. The van der Waals surface area contributed by atoms with E-state index < -0.39 is 0 Å². The van der Waals surface area contributed by atoms with Crippen LogP contribution < -0.4 is 11.5 Å². The number of hydrogen-bond donors (Lipinski definition) is 3. The molecule has 2 aromatic heterocycles. The van der Waals surface area contributed by atoms with Gasteiger partial charge in [-0.1, -0.05) is 0 Å². The first kappa shape index (κ1) is 9.59. The van der Waals surface area contributed by atoms with Gasteiger partial charge in [-0.2, -0.15) is 0 Å². The quantitative estimate of drug-likeness (QED) is 0.709. The molecule has 1 atom stereocenters. The van der Waals surface area contributed by atoms with Gasteiger partial charge in [-0.25, -0.2) is 9.97 Å². The molecule has 0 spiro atoms. The largest absolute Gasteiger partial charge is 0.384 e. The van der Waals surface area contributed by atoms with Crippen molar-refractivity contribution in [2.24, 2.45) is 11.7 Å². The van der Waals surface area contributed by atoms with E-state index in [1.54, 1.807) is 6.07 Å². The number of nitrogen functional groups attached to an aromatic ring is 1. The molecule has 0 saturated heterocycles. The lowest BCUT2D eigenvalue weighted by atomic mass is 10.1. The van der Waals surface area contributed by atoms with Gasteiger partial charge in [-0.3, -0.25) is 0 Å². The smallest absolute Gasteiger partial charge is 0.179 e. The van der Waals surface area contributed by atoms with E-state index in [1.807, 2.05) is 6.07 Å². The Bertz CT molecular complexity index is 514. The maximum atomic E-state index is 6.06. The van der Waals surface area contributed by atoms with Gasteiger partial charge in [-0.05, 0) is 30.9 Å². The average molecular weight is 217 g/mol. The van der Waals surface area contributed by atoms with Gasteiger partial charge < -0.3 is 16.5 Å². The van der Waals surface area contributed by atoms with Gasteiger partial charge in [-0.15, -0.1) is 0 Å². The molecule has 5 nitrogen and oxygen atoms in total. The molecule has 0 radical (unpaired) electrons. The molecule has 0 aromatic carbocycles. The van der Waals surface area contributed by atoms with Crippen molar-refractivity contribution < 1.29 is 0 Å². The molecule has 16 heavy (non-hydrogen) atoms. The summed E-state index contributed by atoms with van der Waals surface area (Å²) in [6.07, 6.45) is 3.31. The zero-order chi connectivity index (χ0) is 11.1. The summed E-state index contributed by atoms with van der Waals surface area (Å²) in [7, 11) is 0. The van der Waals surface area contributed by atoms with Crippen molar-refractivity contribution in [3.8, 4) is 0 Å².